The van der Waals surface area contributed by atoms with Crippen molar-refractivity contribution >= 4 is 40.8 Å². The quantitative estimate of drug-likeness (QED) is 0.190. The third-order valence-electron chi connectivity index (χ3n) is 8.53. The van der Waals surface area contributed by atoms with E-state index in [0.29, 0.717) is 75.1 Å². The Hall–Kier alpha value is -6.38. The number of nitrogens with one attached hydrogen (secondary N) is 1. The van der Waals surface area contributed by atoms with E-state index < -0.39 is 18.2 Å². The molecule has 0 saturated heterocycles. The number of pyridine rings is 1. The number of aliphatic carboxylic acids is 1. The van der Waals surface area contributed by atoms with E-state index in [1.807, 2.05) is 25.1 Å². The number of rotatable bonds is 4. The van der Waals surface area contributed by atoms with Crippen molar-refractivity contribution < 1.29 is 27.9 Å². The molecule has 0 radical (unpaired) electrons. The lowest BCUT2D eigenvalue weighted by molar-refractivity contribution is -0.192. The molecule has 1 amide bonds. The predicted octanol–water partition coefficient (Wildman–Crippen LogP) is 6.90. The van der Waals surface area contributed by atoms with Gasteiger partial charge in [-0.15, -0.1) is 5.10 Å². The predicted molar refractivity (Wildman–Crippen MR) is 194 cm³/mol. The van der Waals surface area contributed by atoms with Crippen molar-refractivity contribution in [3.63, 3.8) is 0 Å². The number of amides is 1. The van der Waals surface area contributed by atoms with Gasteiger partial charge in [-0.2, -0.15) is 23.5 Å². The fourth-order valence-corrected chi connectivity index (χ4v) is 6.10. The zero-order chi connectivity index (χ0) is 39.4. The van der Waals surface area contributed by atoms with Crippen LogP contribution in [0.2, 0.25) is 10.2 Å². The number of nitriles is 1. The van der Waals surface area contributed by atoms with Crippen LogP contribution < -0.4 is 10.9 Å². The molecule has 4 aromatic heterocycles. The number of aromatic nitrogens is 8. The monoisotopic (exact) mass is 790 g/mol. The van der Waals surface area contributed by atoms with Crippen LogP contribution >= 0.6 is 23.2 Å². The lowest BCUT2D eigenvalue weighted by Crippen LogP contribution is -2.27. The van der Waals surface area contributed by atoms with Gasteiger partial charge in [-0.1, -0.05) is 47.8 Å². The van der Waals surface area contributed by atoms with Crippen molar-refractivity contribution in [2.75, 3.05) is 5.32 Å². The summed E-state index contributed by atoms with van der Waals surface area (Å²) in [4.78, 5) is 45.4. The van der Waals surface area contributed by atoms with E-state index in [1.54, 1.807) is 64.2 Å². The maximum Gasteiger partial charge on any atom is 0.490 e. The summed E-state index contributed by atoms with van der Waals surface area (Å²) in [5.74, 6) is -3.20. The maximum atomic E-state index is 13.9. The molecule has 2 atom stereocenters. The second-order valence-corrected chi connectivity index (χ2v) is 13.1. The Morgan fingerprint density at radius 3 is 2.49 bits per heavy atom. The molecule has 7 rings (SSSR count). The molecule has 2 bridgehead atoms. The Bertz CT molecular complexity index is 2510. The van der Waals surface area contributed by atoms with Crippen LogP contribution in [0.3, 0.4) is 0 Å². The molecule has 5 heterocycles. The van der Waals surface area contributed by atoms with Crippen LogP contribution in [-0.2, 0) is 9.59 Å². The van der Waals surface area contributed by atoms with E-state index >= 15 is 0 Å². The third kappa shape index (κ3) is 8.72. The van der Waals surface area contributed by atoms with Gasteiger partial charge < -0.3 is 10.4 Å². The van der Waals surface area contributed by atoms with E-state index in [2.05, 4.69) is 31.7 Å². The SMILES string of the molecule is C[C@@H]1CCC[C@H](n2cnc(-c3cc(Cl)ccc3-n3cc(Cl)nn3)cc2=O)c2cc(ccn2)-c2nn(-c3cccc(C#N)c3)cc2NC1=O.O=C(O)C(F)(F)F. The summed E-state index contributed by atoms with van der Waals surface area (Å²) in [7, 11) is 0. The van der Waals surface area contributed by atoms with Crippen LogP contribution in [0.1, 0.15) is 43.5 Å². The van der Waals surface area contributed by atoms with Crippen LogP contribution in [0.25, 0.3) is 33.9 Å². The molecule has 55 heavy (non-hydrogen) atoms. The maximum absolute atomic E-state index is 13.9. The van der Waals surface area contributed by atoms with Gasteiger partial charge in [0.15, 0.2) is 5.15 Å². The van der Waals surface area contributed by atoms with Gasteiger partial charge in [-0.3, -0.25) is 19.1 Å². The normalized spacial score (nSPS) is 15.6. The molecule has 2 aromatic carbocycles. The van der Waals surface area contributed by atoms with E-state index in [4.69, 9.17) is 38.2 Å². The highest BCUT2D eigenvalue weighted by molar-refractivity contribution is 6.31. The van der Waals surface area contributed by atoms with E-state index in [1.165, 1.54) is 17.1 Å². The van der Waals surface area contributed by atoms with Gasteiger partial charge >= 0.3 is 12.1 Å². The highest BCUT2D eigenvalue weighted by Gasteiger charge is 2.38. The van der Waals surface area contributed by atoms with Crippen LogP contribution in [0.15, 0.2) is 90.4 Å². The van der Waals surface area contributed by atoms with Crippen LogP contribution in [-0.4, -0.2) is 62.5 Å². The van der Waals surface area contributed by atoms with Gasteiger partial charge in [0.1, 0.15) is 5.69 Å². The first kappa shape index (κ1) is 38.3. The number of carboxylic acids is 1. The first-order valence-corrected chi connectivity index (χ1v) is 17.1. The Kier molecular flexibility index (Phi) is 11.1. The molecule has 280 valence electrons. The summed E-state index contributed by atoms with van der Waals surface area (Å²) < 4.78 is 36.4. The minimum Gasteiger partial charge on any atom is -0.475 e. The zero-order valence-corrected chi connectivity index (χ0v) is 30.0. The fourth-order valence-electron chi connectivity index (χ4n) is 5.81. The molecular formula is C36H27Cl2F3N10O4. The number of nitrogens with zero attached hydrogens (tertiary/aromatic N) is 9. The number of benzene rings is 2. The lowest BCUT2D eigenvalue weighted by Gasteiger charge is -2.22. The molecule has 1 aliphatic rings. The first-order valence-electron chi connectivity index (χ1n) is 16.4. The minimum absolute atomic E-state index is 0.137. The minimum atomic E-state index is -5.08. The molecule has 14 nitrogen and oxygen atoms in total. The molecule has 6 aromatic rings. The number of fused-ring (bicyclic) bond motifs is 4. The first-order chi connectivity index (χ1) is 26.2. The van der Waals surface area contributed by atoms with Gasteiger partial charge in [0.2, 0.25) is 5.91 Å². The standard InChI is InChI=1S/C34H26Cl2N10O2.C2HF3O2/c1-20-4-2-7-30(44-19-39-26(15-32(44)47)25-14-23(35)8-9-29(25)46-18-31(36)41-43-46)27-13-22(10-11-38-27)33-28(40-34(20)48)17-45(42-33)24-6-3-5-21(12-24)16-37;3-2(4,5)1(6)7/h3,5-6,8-15,17-20,30H,2,4,7H2,1H3,(H,40,48);(H,6,7)/t20-,30+;/m1./s1. The number of halogens is 5. The second-order valence-electron chi connectivity index (χ2n) is 12.3. The summed E-state index contributed by atoms with van der Waals surface area (Å²) in [6.07, 6.45) is 3.17. The highest BCUT2D eigenvalue weighted by Crippen LogP contribution is 2.33. The molecule has 0 fully saturated rings. The molecule has 19 heteroatoms. The van der Waals surface area contributed by atoms with Crippen molar-refractivity contribution in [2.24, 2.45) is 5.92 Å². The van der Waals surface area contributed by atoms with Crippen molar-refractivity contribution in [1.82, 2.24) is 39.3 Å². The van der Waals surface area contributed by atoms with Gasteiger partial charge in [0.05, 0.1) is 64.8 Å². The second kappa shape index (κ2) is 15.9. The Morgan fingerprint density at radius 2 is 1.80 bits per heavy atom. The summed E-state index contributed by atoms with van der Waals surface area (Å²) in [6, 6.07) is 19.1. The molecule has 0 saturated carbocycles. The van der Waals surface area contributed by atoms with Gasteiger partial charge in [-0.25, -0.2) is 19.1 Å². The molecule has 0 spiro atoms. The van der Waals surface area contributed by atoms with E-state index in [-0.39, 0.29) is 22.5 Å². The number of carbonyl (C=O) groups excluding carboxylic acids is 1. The molecule has 2 N–H and O–H groups in total. The van der Waals surface area contributed by atoms with Gasteiger partial charge in [0.25, 0.3) is 5.56 Å². The molecule has 1 aliphatic heterocycles. The topological polar surface area (TPSA) is 186 Å². The van der Waals surface area contributed by atoms with E-state index in [9.17, 15) is 28.0 Å². The lowest BCUT2D eigenvalue weighted by atomic mass is 9.97. The molecular weight excluding hydrogens is 764 g/mol. The highest BCUT2D eigenvalue weighted by atomic mass is 35.5. The fraction of sp³-hybridized carbons (Fsp3) is 0.194. The average Bonchev–Trinajstić information content (AvgIpc) is 3.79. The van der Waals surface area contributed by atoms with Crippen LogP contribution in [0, 0.1) is 17.2 Å². The molecule has 0 unspecified atom stereocenters. The number of alkyl halides is 3. The summed E-state index contributed by atoms with van der Waals surface area (Å²) in [5, 5.41) is 33.0. The van der Waals surface area contributed by atoms with Crippen molar-refractivity contribution in [3.8, 4) is 40.0 Å². The van der Waals surface area contributed by atoms with Crippen LogP contribution in [0.5, 0.6) is 0 Å². The van der Waals surface area contributed by atoms with Crippen molar-refractivity contribution in [2.45, 2.75) is 38.4 Å². The zero-order valence-electron chi connectivity index (χ0n) is 28.4. The smallest absolute Gasteiger partial charge is 0.475 e. The number of hydrogen-bond donors (Lipinski definition) is 2. The van der Waals surface area contributed by atoms with Crippen molar-refractivity contribution in [1.29, 1.82) is 5.26 Å². The van der Waals surface area contributed by atoms with Gasteiger partial charge in [0, 0.05) is 34.3 Å². The number of anilines is 1. The molecule has 0 aliphatic carbocycles. The Morgan fingerprint density at radius 1 is 1.02 bits per heavy atom. The van der Waals surface area contributed by atoms with Crippen molar-refractivity contribution in [3.05, 3.63) is 117 Å². The third-order valence-corrected chi connectivity index (χ3v) is 8.94. The summed E-state index contributed by atoms with van der Waals surface area (Å²) >= 11 is 12.4. The van der Waals surface area contributed by atoms with Gasteiger partial charge in [-0.05, 0) is 61.4 Å². The number of carbonyl (C=O) groups is 2. The number of carboxylic acid groups (broad SMARTS) is 1. The average molecular weight is 792 g/mol. The Labute approximate surface area is 319 Å². The van der Waals surface area contributed by atoms with Crippen LogP contribution in [0.4, 0.5) is 18.9 Å². The largest absolute Gasteiger partial charge is 0.490 e. The summed E-state index contributed by atoms with van der Waals surface area (Å²) in [5.41, 5.74) is 4.86. The van der Waals surface area contributed by atoms with E-state index in [0.717, 1.165) is 0 Å². The summed E-state index contributed by atoms with van der Waals surface area (Å²) in [6.45, 7) is 1.88. The number of hydrogen-bond acceptors (Lipinski definition) is 9. The Balaban J connectivity index is 0.000000672.